The van der Waals surface area contributed by atoms with E-state index in [0.29, 0.717) is 11.6 Å². The highest BCUT2D eigenvalue weighted by molar-refractivity contribution is 6.05. The van der Waals surface area contributed by atoms with Crippen molar-refractivity contribution < 1.29 is 0 Å². The van der Waals surface area contributed by atoms with Crippen LogP contribution in [-0.2, 0) is 0 Å². The fourth-order valence-corrected chi connectivity index (χ4v) is 7.79. The first-order chi connectivity index (χ1) is 28.2. The normalized spacial score (nSPS) is 15.0. The molecule has 2 atom stereocenters. The summed E-state index contributed by atoms with van der Waals surface area (Å²) in [6, 6.07) is 65.6. The molecule has 1 aliphatic rings. The summed E-state index contributed by atoms with van der Waals surface area (Å²) in [5, 5.41) is 0. The number of hydrogen-bond donors (Lipinski definition) is 0. The van der Waals surface area contributed by atoms with Crippen LogP contribution in [0.25, 0.3) is 45.1 Å². The van der Waals surface area contributed by atoms with Crippen molar-refractivity contribution in [3.8, 4) is 22.8 Å². The van der Waals surface area contributed by atoms with Crippen LogP contribution in [0.1, 0.15) is 52.0 Å². The van der Waals surface area contributed by atoms with Crippen molar-refractivity contribution in [1.82, 2.24) is 19.9 Å². The molecule has 0 saturated heterocycles. The van der Waals surface area contributed by atoms with Gasteiger partial charge in [-0.3, -0.25) is 4.98 Å². The summed E-state index contributed by atoms with van der Waals surface area (Å²) in [6.07, 6.45) is 8.47. The van der Waals surface area contributed by atoms with Crippen molar-refractivity contribution >= 4 is 22.3 Å². The van der Waals surface area contributed by atoms with Crippen LogP contribution in [0.3, 0.4) is 0 Å². The topological polar surface area (TPSA) is 51.6 Å². The Kier molecular flexibility index (Phi) is 10.1. The average Bonchev–Trinajstić information content (AvgIpc) is 3.30. The molecule has 0 saturated carbocycles. The summed E-state index contributed by atoms with van der Waals surface area (Å²) in [7, 11) is 0. The summed E-state index contributed by atoms with van der Waals surface area (Å²) in [4.78, 5) is 20.0. The molecule has 2 aromatic heterocycles. The van der Waals surface area contributed by atoms with E-state index in [1.54, 1.807) is 0 Å². The molecule has 2 unspecified atom stereocenters. The molecule has 0 bridgehead atoms. The van der Waals surface area contributed by atoms with Gasteiger partial charge in [0, 0.05) is 29.4 Å². The lowest BCUT2D eigenvalue weighted by Gasteiger charge is -2.29. The first-order valence-electron chi connectivity index (χ1n) is 19.4. The van der Waals surface area contributed by atoms with Gasteiger partial charge in [-0.15, -0.1) is 0 Å². The van der Waals surface area contributed by atoms with Gasteiger partial charge in [-0.25, -0.2) is 15.0 Å². The van der Waals surface area contributed by atoms with E-state index < -0.39 is 0 Å². The lowest BCUT2D eigenvalue weighted by molar-refractivity contribution is 0.617. The van der Waals surface area contributed by atoms with E-state index in [1.165, 1.54) is 16.7 Å². The molecule has 0 N–H and O–H groups in total. The smallest absolute Gasteiger partial charge is 0.163 e. The molecule has 4 nitrogen and oxygen atoms in total. The van der Waals surface area contributed by atoms with E-state index >= 15 is 0 Å². The van der Waals surface area contributed by atoms with Crippen LogP contribution in [0.4, 0.5) is 0 Å². The molecule has 4 heteroatoms. The van der Waals surface area contributed by atoms with E-state index in [1.807, 2.05) is 54.9 Å². The monoisotopic (exact) mass is 732 g/mol. The molecule has 2 heterocycles. The van der Waals surface area contributed by atoms with Crippen molar-refractivity contribution in [2.75, 3.05) is 0 Å². The highest BCUT2D eigenvalue weighted by atomic mass is 15.0. The molecule has 6 aromatic carbocycles. The van der Waals surface area contributed by atoms with Gasteiger partial charge in [0.25, 0.3) is 0 Å². The summed E-state index contributed by atoms with van der Waals surface area (Å²) in [6.45, 7) is 2.27. The van der Waals surface area contributed by atoms with E-state index in [9.17, 15) is 0 Å². The second-order valence-corrected chi connectivity index (χ2v) is 14.3. The predicted octanol–water partition coefficient (Wildman–Crippen LogP) is 12.5. The maximum absolute atomic E-state index is 5.22. The Morgan fingerprint density at radius 1 is 0.439 bits per heavy atom. The van der Waals surface area contributed by atoms with Crippen molar-refractivity contribution in [1.29, 1.82) is 0 Å². The van der Waals surface area contributed by atoms with Gasteiger partial charge in [-0.05, 0) is 73.7 Å². The molecule has 57 heavy (non-hydrogen) atoms. The van der Waals surface area contributed by atoms with Crippen LogP contribution in [0.2, 0.25) is 0 Å². The minimum atomic E-state index is -0.148. The van der Waals surface area contributed by atoms with Gasteiger partial charge >= 0.3 is 0 Å². The number of benzene rings is 6. The molecule has 0 aliphatic heterocycles. The molecule has 0 radical (unpaired) electrons. The number of rotatable bonds is 9. The van der Waals surface area contributed by atoms with Gasteiger partial charge in [0.1, 0.15) is 5.82 Å². The van der Waals surface area contributed by atoms with Crippen molar-refractivity contribution in [2.45, 2.75) is 12.8 Å². The fraction of sp³-hybridized carbons (Fsp3) is 0.0566. The van der Waals surface area contributed by atoms with Crippen molar-refractivity contribution in [3.05, 3.63) is 252 Å². The molecular formula is C53H40N4. The Hall–Kier alpha value is -7.30. The van der Waals surface area contributed by atoms with E-state index in [-0.39, 0.29) is 11.8 Å². The Bertz CT molecular complexity index is 2610. The number of hydrogen-bond acceptors (Lipinski definition) is 4. The molecular weight excluding hydrogens is 693 g/mol. The minimum absolute atomic E-state index is 0.0540. The third-order valence-corrected chi connectivity index (χ3v) is 10.6. The van der Waals surface area contributed by atoms with Gasteiger partial charge in [0.2, 0.25) is 0 Å². The Morgan fingerprint density at radius 3 is 1.40 bits per heavy atom. The third kappa shape index (κ3) is 7.54. The molecule has 0 amide bonds. The van der Waals surface area contributed by atoms with Gasteiger partial charge in [0.05, 0.1) is 0 Å². The number of aromatic nitrogens is 4. The highest BCUT2D eigenvalue weighted by Crippen LogP contribution is 2.44. The maximum atomic E-state index is 5.22. The molecule has 8 aromatic rings. The van der Waals surface area contributed by atoms with Crippen LogP contribution in [-0.4, -0.2) is 19.9 Å². The molecule has 0 fully saturated rings. The predicted molar refractivity (Wildman–Crippen MR) is 234 cm³/mol. The third-order valence-electron chi connectivity index (χ3n) is 10.6. The van der Waals surface area contributed by atoms with Crippen molar-refractivity contribution in [2.24, 2.45) is 5.92 Å². The summed E-state index contributed by atoms with van der Waals surface area (Å²) in [5.74, 6) is 1.96. The zero-order valence-electron chi connectivity index (χ0n) is 31.7. The lowest BCUT2D eigenvalue weighted by atomic mass is 9.76. The summed E-state index contributed by atoms with van der Waals surface area (Å²) in [5.41, 5.74) is 13.4. The minimum Gasteiger partial charge on any atom is -0.264 e. The highest BCUT2D eigenvalue weighted by Gasteiger charge is 2.30. The number of allylic oxidation sites excluding steroid dienone is 4. The van der Waals surface area contributed by atoms with Crippen LogP contribution < -0.4 is 0 Å². The zero-order valence-corrected chi connectivity index (χ0v) is 31.7. The maximum Gasteiger partial charge on any atom is 0.163 e. The van der Waals surface area contributed by atoms with Gasteiger partial charge < -0.3 is 0 Å². The lowest BCUT2D eigenvalue weighted by Crippen LogP contribution is -2.18. The molecule has 272 valence electrons. The Labute approximate surface area is 334 Å². The van der Waals surface area contributed by atoms with Crippen molar-refractivity contribution in [3.63, 3.8) is 0 Å². The Morgan fingerprint density at radius 2 is 0.895 bits per heavy atom. The molecule has 9 rings (SSSR count). The van der Waals surface area contributed by atoms with Gasteiger partial charge in [-0.1, -0.05) is 195 Å². The Balaban J connectivity index is 1.25. The first kappa shape index (κ1) is 35.4. The van der Waals surface area contributed by atoms with Gasteiger partial charge in [-0.2, -0.15) is 0 Å². The van der Waals surface area contributed by atoms with E-state index in [2.05, 4.69) is 170 Å². The summed E-state index contributed by atoms with van der Waals surface area (Å²) < 4.78 is 0. The largest absolute Gasteiger partial charge is 0.264 e. The van der Waals surface area contributed by atoms with E-state index in [0.717, 1.165) is 55.9 Å². The second kappa shape index (κ2) is 16.2. The van der Waals surface area contributed by atoms with Crippen LogP contribution >= 0.6 is 0 Å². The van der Waals surface area contributed by atoms with Crippen LogP contribution in [0.15, 0.2) is 213 Å². The standard InChI is InChI=1S/C53H40N4/c1-37-47(45-31-18-32-54-36-45)34-46(35-48(37)53-56-51(41-25-13-5-14-26-41)55-52(57-53)42-27-15-6-16-28-42)43-29-17-30-44(33-43)50(40-23-11-4-12-24-40)49(38-19-7-2-8-20-38)39-21-9-3-10-22-39/h2-37,48H,1H3. The fourth-order valence-electron chi connectivity index (χ4n) is 7.79. The SMILES string of the molecule is CC1C(c2cccnc2)=CC(c2cccc(C(=C(c3ccccc3)c3ccccc3)c3ccccc3)c2)=CC1c1nc(-c2ccccc2)nc(-c2ccccc2)n1. The molecule has 0 spiro atoms. The second-order valence-electron chi connectivity index (χ2n) is 14.3. The number of nitrogens with zero attached hydrogens (tertiary/aromatic N) is 4. The average molecular weight is 733 g/mol. The summed E-state index contributed by atoms with van der Waals surface area (Å²) >= 11 is 0. The quantitative estimate of drug-likeness (QED) is 0.139. The van der Waals surface area contributed by atoms with Gasteiger partial charge in [0.15, 0.2) is 11.6 Å². The number of pyridine rings is 1. The van der Waals surface area contributed by atoms with E-state index in [4.69, 9.17) is 15.0 Å². The molecule has 1 aliphatic carbocycles. The first-order valence-corrected chi connectivity index (χ1v) is 19.4. The zero-order chi connectivity index (χ0) is 38.4. The van der Waals surface area contributed by atoms with Crippen LogP contribution in [0.5, 0.6) is 0 Å². The van der Waals surface area contributed by atoms with Crippen LogP contribution in [0, 0.1) is 5.92 Å².